The van der Waals surface area contributed by atoms with Crippen LogP contribution in [0.3, 0.4) is 0 Å². The molecule has 0 saturated carbocycles. The van der Waals surface area contributed by atoms with Crippen LogP contribution < -0.4 is 5.32 Å². The molecule has 0 spiro atoms. The maximum atomic E-state index is 10.4. The van der Waals surface area contributed by atoms with Crippen molar-refractivity contribution < 1.29 is 14.7 Å². The molecule has 0 radical (unpaired) electrons. The standard InChI is InChI=1S/C7H13NO3/c1-3-6(7(10)11)8-4-5(2)9/h6,8H,3-4H2,1-2H3,(H,10,11). The third-order valence-electron chi connectivity index (χ3n) is 1.30. The van der Waals surface area contributed by atoms with Crippen LogP contribution in [0.2, 0.25) is 0 Å². The number of aliphatic carboxylic acids is 1. The molecule has 4 heteroatoms. The van der Waals surface area contributed by atoms with E-state index in [4.69, 9.17) is 5.11 Å². The molecule has 0 aliphatic rings. The monoisotopic (exact) mass is 159 g/mol. The second-order valence-corrected chi connectivity index (χ2v) is 2.38. The summed E-state index contributed by atoms with van der Waals surface area (Å²) in [6.45, 7) is 3.30. The van der Waals surface area contributed by atoms with Crippen LogP contribution >= 0.6 is 0 Å². The highest BCUT2D eigenvalue weighted by Gasteiger charge is 2.13. The van der Waals surface area contributed by atoms with E-state index in [1.807, 2.05) is 0 Å². The number of carboxylic acid groups (broad SMARTS) is 1. The van der Waals surface area contributed by atoms with Gasteiger partial charge in [0.2, 0.25) is 0 Å². The molecule has 1 atom stereocenters. The Labute approximate surface area is 65.6 Å². The van der Waals surface area contributed by atoms with Crippen LogP contribution in [-0.4, -0.2) is 29.4 Å². The first-order valence-electron chi connectivity index (χ1n) is 3.53. The molecular formula is C7H13NO3. The lowest BCUT2D eigenvalue weighted by atomic mass is 10.2. The summed E-state index contributed by atoms with van der Waals surface area (Å²) in [5, 5.41) is 11.1. The molecule has 0 saturated heterocycles. The van der Waals surface area contributed by atoms with Gasteiger partial charge in [-0.05, 0) is 13.3 Å². The van der Waals surface area contributed by atoms with Crippen molar-refractivity contribution in [1.29, 1.82) is 0 Å². The Morgan fingerprint density at radius 1 is 1.55 bits per heavy atom. The molecule has 0 aliphatic heterocycles. The van der Waals surface area contributed by atoms with Crippen LogP contribution in [-0.2, 0) is 9.59 Å². The molecule has 0 amide bonds. The van der Waals surface area contributed by atoms with Crippen molar-refractivity contribution in [2.24, 2.45) is 0 Å². The lowest BCUT2D eigenvalue weighted by Gasteiger charge is -2.09. The van der Waals surface area contributed by atoms with Gasteiger partial charge >= 0.3 is 5.97 Å². The fourth-order valence-electron chi connectivity index (χ4n) is 0.673. The van der Waals surface area contributed by atoms with Gasteiger partial charge in [0.1, 0.15) is 11.8 Å². The SMILES string of the molecule is CCC(NCC(C)=O)C(=O)O. The molecule has 0 aromatic rings. The Kier molecular flexibility index (Phi) is 4.45. The van der Waals surface area contributed by atoms with Gasteiger partial charge in [-0.1, -0.05) is 6.92 Å². The minimum Gasteiger partial charge on any atom is -0.480 e. The predicted molar refractivity (Wildman–Crippen MR) is 40.4 cm³/mol. The Hall–Kier alpha value is -0.900. The van der Waals surface area contributed by atoms with Crippen molar-refractivity contribution in [2.45, 2.75) is 26.3 Å². The van der Waals surface area contributed by atoms with Crippen LogP contribution in [0.25, 0.3) is 0 Å². The molecule has 4 nitrogen and oxygen atoms in total. The third kappa shape index (κ3) is 4.50. The molecule has 2 N–H and O–H groups in total. The van der Waals surface area contributed by atoms with Gasteiger partial charge in [0.05, 0.1) is 6.54 Å². The van der Waals surface area contributed by atoms with E-state index < -0.39 is 12.0 Å². The molecule has 64 valence electrons. The summed E-state index contributed by atoms with van der Waals surface area (Å²) in [5.74, 6) is -0.960. The van der Waals surface area contributed by atoms with E-state index in [0.29, 0.717) is 6.42 Å². The first kappa shape index (κ1) is 10.1. The summed E-state index contributed by atoms with van der Waals surface area (Å²) in [6, 6.07) is -0.598. The average molecular weight is 159 g/mol. The van der Waals surface area contributed by atoms with Crippen molar-refractivity contribution in [1.82, 2.24) is 5.32 Å². The highest BCUT2D eigenvalue weighted by atomic mass is 16.4. The Morgan fingerprint density at radius 3 is 2.36 bits per heavy atom. The minimum absolute atomic E-state index is 0.0512. The van der Waals surface area contributed by atoms with Crippen molar-refractivity contribution in [3.63, 3.8) is 0 Å². The number of carbonyl (C=O) groups is 2. The van der Waals surface area contributed by atoms with E-state index in [-0.39, 0.29) is 12.3 Å². The molecule has 0 bridgehead atoms. The molecule has 0 aromatic carbocycles. The van der Waals surface area contributed by atoms with Crippen molar-refractivity contribution in [3.05, 3.63) is 0 Å². The lowest BCUT2D eigenvalue weighted by molar-refractivity contribution is -0.139. The fraction of sp³-hybridized carbons (Fsp3) is 0.714. The van der Waals surface area contributed by atoms with E-state index in [1.165, 1.54) is 6.92 Å². The maximum absolute atomic E-state index is 10.4. The van der Waals surface area contributed by atoms with Gasteiger partial charge < -0.3 is 5.11 Å². The molecule has 0 heterocycles. The summed E-state index contributed by atoms with van der Waals surface area (Å²) in [5.41, 5.74) is 0. The zero-order valence-electron chi connectivity index (χ0n) is 6.76. The molecule has 1 unspecified atom stereocenters. The zero-order valence-corrected chi connectivity index (χ0v) is 6.76. The number of rotatable bonds is 5. The summed E-state index contributed by atoms with van der Waals surface area (Å²) in [6.07, 6.45) is 0.489. The van der Waals surface area contributed by atoms with E-state index >= 15 is 0 Å². The van der Waals surface area contributed by atoms with Crippen molar-refractivity contribution in [2.75, 3.05) is 6.54 Å². The number of carboxylic acids is 1. The van der Waals surface area contributed by atoms with Crippen molar-refractivity contribution in [3.8, 4) is 0 Å². The largest absolute Gasteiger partial charge is 0.480 e. The zero-order chi connectivity index (χ0) is 8.85. The molecule has 0 aliphatic carbocycles. The van der Waals surface area contributed by atoms with Crippen LogP contribution in [0, 0.1) is 0 Å². The van der Waals surface area contributed by atoms with Crippen LogP contribution in [0.15, 0.2) is 0 Å². The molecule has 11 heavy (non-hydrogen) atoms. The minimum atomic E-state index is -0.909. The molecule has 0 rings (SSSR count). The Balaban J connectivity index is 3.70. The van der Waals surface area contributed by atoms with Gasteiger partial charge in [-0.2, -0.15) is 0 Å². The number of hydrogen-bond donors (Lipinski definition) is 2. The van der Waals surface area contributed by atoms with E-state index in [9.17, 15) is 9.59 Å². The van der Waals surface area contributed by atoms with Gasteiger partial charge in [0.25, 0.3) is 0 Å². The average Bonchev–Trinajstić information content (AvgIpc) is 1.87. The second-order valence-electron chi connectivity index (χ2n) is 2.38. The summed E-state index contributed by atoms with van der Waals surface area (Å²) >= 11 is 0. The van der Waals surface area contributed by atoms with E-state index in [2.05, 4.69) is 5.32 Å². The van der Waals surface area contributed by atoms with Gasteiger partial charge in [0.15, 0.2) is 0 Å². The predicted octanol–water partition coefficient (Wildman–Crippen LogP) is 0.0282. The van der Waals surface area contributed by atoms with Crippen LogP contribution in [0.4, 0.5) is 0 Å². The Morgan fingerprint density at radius 2 is 2.09 bits per heavy atom. The van der Waals surface area contributed by atoms with Gasteiger partial charge in [-0.25, -0.2) is 0 Å². The van der Waals surface area contributed by atoms with Crippen LogP contribution in [0.5, 0.6) is 0 Å². The highest BCUT2D eigenvalue weighted by Crippen LogP contribution is 1.89. The van der Waals surface area contributed by atoms with E-state index in [0.717, 1.165) is 0 Å². The van der Waals surface area contributed by atoms with E-state index in [1.54, 1.807) is 6.92 Å². The van der Waals surface area contributed by atoms with Gasteiger partial charge in [0, 0.05) is 0 Å². The summed E-state index contributed by atoms with van der Waals surface area (Å²) in [7, 11) is 0. The smallest absolute Gasteiger partial charge is 0.320 e. The molecule has 0 aromatic heterocycles. The number of hydrogen-bond acceptors (Lipinski definition) is 3. The Bertz CT molecular complexity index is 156. The lowest BCUT2D eigenvalue weighted by Crippen LogP contribution is -2.38. The maximum Gasteiger partial charge on any atom is 0.320 e. The van der Waals surface area contributed by atoms with Gasteiger partial charge in [-0.3, -0.25) is 14.9 Å². The first-order valence-corrected chi connectivity index (χ1v) is 3.53. The number of ketones is 1. The number of Topliss-reactive ketones (excluding diaryl/α,β-unsaturated/α-hetero) is 1. The topological polar surface area (TPSA) is 66.4 Å². The molecule has 0 fully saturated rings. The molecular weight excluding hydrogens is 146 g/mol. The third-order valence-corrected chi connectivity index (χ3v) is 1.30. The summed E-state index contributed by atoms with van der Waals surface area (Å²) in [4.78, 5) is 20.8. The highest BCUT2D eigenvalue weighted by molar-refractivity contribution is 5.79. The quantitative estimate of drug-likeness (QED) is 0.594. The fourth-order valence-corrected chi connectivity index (χ4v) is 0.673. The number of nitrogens with one attached hydrogen (secondary N) is 1. The normalized spacial score (nSPS) is 12.5. The first-order chi connectivity index (χ1) is 5.07. The number of carbonyl (C=O) groups excluding carboxylic acids is 1. The van der Waals surface area contributed by atoms with Crippen LogP contribution in [0.1, 0.15) is 20.3 Å². The summed E-state index contributed by atoms with van der Waals surface area (Å²) < 4.78 is 0. The van der Waals surface area contributed by atoms with Crippen molar-refractivity contribution >= 4 is 11.8 Å². The van der Waals surface area contributed by atoms with Gasteiger partial charge in [-0.15, -0.1) is 0 Å². The second kappa shape index (κ2) is 4.85.